The number of nitrogens with zero attached hydrogens (tertiary/aromatic N) is 1. The van der Waals surface area contributed by atoms with Gasteiger partial charge in [0.1, 0.15) is 5.60 Å². The van der Waals surface area contributed by atoms with Gasteiger partial charge in [0.25, 0.3) is 14.2 Å². The number of hydrogen-bond donors (Lipinski definition) is 0. The molecule has 1 aliphatic heterocycles. The quantitative estimate of drug-likeness (QED) is 0.301. The Bertz CT molecular complexity index is 1240. The van der Waals surface area contributed by atoms with E-state index in [2.05, 4.69) is 45.0 Å². The van der Waals surface area contributed by atoms with E-state index in [1.807, 2.05) is 78.9 Å². The molecule has 1 heterocycles. The zero-order valence-corrected chi connectivity index (χ0v) is 24.0. The number of benzene rings is 3. The molecule has 0 bridgehead atoms. The topological polar surface area (TPSA) is 55.8 Å². The van der Waals surface area contributed by atoms with Crippen molar-refractivity contribution in [2.75, 3.05) is 0 Å². The molecule has 0 saturated carbocycles. The van der Waals surface area contributed by atoms with E-state index in [4.69, 9.17) is 9.16 Å². The van der Waals surface area contributed by atoms with Gasteiger partial charge in [-0.2, -0.15) is 0 Å². The molecule has 0 unspecified atom stereocenters. The minimum Gasteiger partial charge on any atom is -0.443 e. The Hall–Kier alpha value is -3.48. The maximum absolute atomic E-state index is 13.7. The van der Waals surface area contributed by atoms with Crippen LogP contribution in [0.1, 0.15) is 47.1 Å². The predicted octanol–water partition coefficient (Wildman–Crippen LogP) is 5.79. The first-order chi connectivity index (χ1) is 17.9. The number of imide groups is 1. The normalized spacial score (nSPS) is 18.4. The molecular formula is C32H37NO4Si. The first kappa shape index (κ1) is 27.5. The average molecular weight is 528 g/mol. The molecule has 2 amide bonds. The van der Waals surface area contributed by atoms with Crippen LogP contribution in [0.25, 0.3) is 6.08 Å². The number of rotatable bonds is 6. The van der Waals surface area contributed by atoms with Crippen LogP contribution < -0.4 is 10.4 Å². The van der Waals surface area contributed by atoms with Gasteiger partial charge in [-0.15, -0.1) is 0 Å². The number of carbonyl (C=O) groups excluding carboxylic acids is 2. The van der Waals surface area contributed by atoms with Crippen LogP contribution in [0.4, 0.5) is 4.79 Å². The zero-order valence-electron chi connectivity index (χ0n) is 23.0. The number of ether oxygens (including phenoxy) is 1. The number of likely N-dealkylation sites (tertiary alicyclic amines) is 1. The summed E-state index contributed by atoms with van der Waals surface area (Å²) in [7, 11) is -3.02. The van der Waals surface area contributed by atoms with Crippen molar-refractivity contribution in [3.63, 3.8) is 0 Å². The van der Waals surface area contributed by atoms with Crippen molar-refractivity contribution in [3.05, 3.63) is 103 Å². The number of hydrogen-bond acceptors (Lipinski definition) is 4. The van der Waals surface area contributed by atoms with Gasteiger partial charge < -0.3 is 9.16 Å². The number of carbonyl (C=O) groups is 2. The third kappa shape index (κ3) is 5.52. The highest BCUT2D eigenvalue weighted by Crippen LogP contribution is 2.40. The van der Waals surface area contributed by atoms with Crippen molar-refractivity contribution < 1.29 is 18.8 Å². The second-order valence-corrected chi connectivity index (χ2v) is 15.9. The lowest BCUT2D eigenvalue weighted by atomic mass is 9.97. The molecule has 0 spiro atoms. The summed E-state index contributed by atoms with van der Waals surface area (Å²) in [6, 6.07) is 29.6. The highest BCUT2D eigenvalue weighted by atomic mass is 28.4. The molecule has 3 aromatic carbocycles. The second kappa shape index (κ2) is 10.7. The Morgan fingerprint density at radius 3 is 1.71 bits per heavy atom. The van der Waals surface area contributed by atoms with Crippen molar-refractivity contribution in [2.24, 2.45) is 0 Å². The molecule has 5 nitrogen and oxygen atoms in total. The van der Waals surface area contributed by atoms with E-state index in [0.29, 0.717) is 0 Å². The maximum atomic E-state index is 13.7. The fraction of sp³-hybridized carbons (Fsp3) is 0.312. The van der Waals surface area contributed by atoms with Crippen molar-refractivity contribution in [1.82, 2.24) is 4.90 Å². The molecule has 0 aromatic heterocycles. The molecule has 3 aromatic rings. The molecule has 0 N–H and O–H groups in total. The van der Waals surface area contributed by atoms with Crippen LogP contribution in [-0.2, 0) is 14.0 Å². The Morgan fingerprint density at radius 1 is 0.789 bits per heavy atom. The fourth-order valence-electron chi connectivity index (χ4n) is 4.97. The summed E-state index contributed by atoms with van der Waals surface area (Å²) in [4.78, 5) is 28.0. The number of amides is 2. The molecule has 4 rings (SSSR count). The SMILES string of the molecule is CC(C)(C)OC(=O)N1C(=O)[C@@H](O[Si](c2ccccc2)(c2ccccc2)C(C)(C)C)[C@H]1/C=C/c1ccccc1. The zero-order chi connectivity index (χ0) is 27.6. The van der Waals surface area contributed by atoms with Gasteiger partial charge in [-0.1, -0.05) is 124 Å². The van der Waals surface area contributed by atoms with Crippen LogP contribution in [0.5, 0.6) is 0 Å². The van der Waals surface area contributed by atoms with Crippen LogP contribution >= 0.6 is 0 Å². The lowest BCUT2D eigenvalue weighted by Gasteiger charge is -2.51. The average Bonchev–Trinajstić information content (AvgIpc) is 2.86. The molecule has 0 aliphatic carbocycles. The predicted molar refractivity (Wildman–Crippen MR) is 155 cm³/mol. The van der Waals surface area contributed by atoms with Gasteiger partial charge in [-0.3, -0.25) is 4.79 Å². The smallest absolute Gasteiger partial charge is 0.417 e. The molecular weight excluding hydrogens is 490 g/mol. The van der Waals surface area contributed by atoms with Crippen LogP contribution in [0.15, 0.2) is 97.1 Å². The molecule has 1 aliphatic rings. The Kier molecular flexibility index (Phi) is 7.77. The summed E-state index contributed by atoms with van der Waals surface area (Å²) in [5, 5.41) is 1.84. The van der Waals surface area contributed by atoms with Crippen LogP contribution in [0.2, 0.25) is 5.04 Å². The van der Waals surface area contributed by atoms with E-state index < -0.39 is 32.2 Å². The summed E-state index contributed by atoms with van der Waals surface area (Å²) in [6.07, 6.45) is 2.32. The van der Waals surface area contributed by atoms with Gasteiger partial charge in [0.15, 0.2) is 6.10 Å². The summed E-state index contributed by atoms with van der Waals surface area (Å²) < 4.78 is 12.7. The second-order valence-electron chi connectivity index (χ2n) is 11.7. The van der Waals surface area contributed by atoms with E-state index in [0.717, 1.165) is 15.9 Å². The fourth-order valence-corrected chi connectivity index (χ4v) is 9.60. The van der Waals surface area contributed by atoms with Gasteiger partial charge in [0.2, 0.25) is 0 Å². The lowest BCUT2D eigenvalue weighted by molar-refractivity contribution is -0.157. The molecule has 0 radical (unpaired) electrons. The summed E-state index contributed by atoms with van der Waals surface area (Å²) in [6.45, 7) is 11.9. The van der Waals surface area contributed by atoms with E-state index in [-0.39, 0.29) is 10.9 Å². The van der Waals surface area contributed by atoms with Crippen LogP contribution in [0, 0.1) is 0 Å². The Labute approximate surface area is 227 Å². The van der Waals surface area contributed by atoms with E-state index in [9.17, 15) is 9.59 Å². The summed E-state index contributed by atoms with van der Waals surface area (Å²) in [5.41, 5.74) is 0.245. The molecule has 2 atom stereocenters. The molecule has 198 valence electrons. The van der Waals surface area contributed by atoms with Gasteiger partial charge in [0, 0.05) is 0 Å². The molecule has 1 saturated heterocycles. The molecule has 1 fully saturated rings. The minimum absolute atomic E-state index is 0.310. The van der Waals surface area contributed by atoms with Crippen molar-refractivity contribution in [2.45, 2.75) is 64.3 Å². The highest BCUT2D eigenvalue weighted by Gasteiger charge is 2.59. The monoisotopic (exact) mass is 527 g/mol. The van der Waals surface area contributed by atoms with E-state index in [1.54, 1.807) is 20.8 Å². The Balaban J connectivity index is 1.80. The van der Waals surface area contributed by atoms with Gasteiger partial charge in [-0.05, 0) is 41.7 Å². The van der Waals surface area contributed by atoms with Crippen molar-refractivity contribution in [3.8, 4) is 0 Å². The summed E-state index contributed by atoms with van der Waals surface area (Å²) in [5.74, 6) is -0.380. The first-order valence-corrected chi connectivity index (χ1v) is 14.9. The van der Waals surface area contributed by atoms with Gasteiger partial charge in [0.05, 0.1) is 6.04 Å². The van der Waals surface area contributed by atoms with E-state index in [1.165, 1.54) is 4.90 Å². The van der Waals surface area contributed by atoms with Crippen molar-refractivity contribution in [1.29, 1.82) is 0 Å². The standard InChI is InChI=1S/C32H37NO4Si/c1-31(2,3)36-30(35)33-27(23-22-24-16-10-7-11-17-24)28(29(33)34)37-38(32(4,5)6,25-18-12-8-13-19-25)26-20-14-9-15-21-26/h7-23,27-28H,1-6H3/b23-22+/t27-,28+/m1/s1. The lowest BCUT2D eigenvalue weighted by Crippen LogP contribution is -2.75. The third-order valence-corrected chi connectivity index (χ3v) is 11.7. The molecule has 38 heavy (non-hydrogen) atoms. The first-order valence-electron chi connectivity index (χ1n) is 13.0. The molecule has 6 heteroatoms. The minimum atomic E-state index is -3.02. The highest BCUT2D eigenvalue weighted by molar-refractivity contribution is 6.99. The largest absolute Gasteiger partial charge is 0.443 e. The third-order valence-electron chi connectivity index (χ3n) is 6.69. The number of β-lactam (4-membered cyclic amide) rings is 1. The van der Waals surface area contributed by atoms with Crippen LogP contribution in [-0.4, -0.2) is 43.0 Å². The van der Waals surface area contributed by atoms with Crippen LogP contribution in [0.3, 0.4) is 0 Å². The van der Waals surface area contributed by atoms with Crippen molar-refractivity contribution >= 4 is 36.8 Å². The van der Waals surface area contributed by atoms with Gasteiger partial charge >= 0.3 is 6.09 Å². The van der Waals surface area contributed by atoms with Gasteiger partial charge in [-0.25, -0.2) is 9.69 Å². The van der Waals surface area contributed by atoms with E-state index >= 15 is 0 Å². The summed E-state index contributed by atoms with van der Waals surface area (Å²) >= 11 is 0. The Morgan fingerprint density at radius 2 is 1.26 bits per heavy atom. The maximum Gasteiger partial charge on any atom is 0.417 e.